The van der Waals surface area contributed by atoms with Crippen LogP contribution in [0.5, 0.6) is 11.5 Å². The molecule has 0 aromatic heterocycles. The number of rotatable bonds is 7. The number of sulfonamides is 1. The first-order chi connectivity index (χ1) is 11.0. The molecule has 2 rings (SSSR count). The normalized spacial score (nSPS) is 10.8. The summed E-state index contributed by atoms with van der Waals surface area (Å²) in [4.78, 5) is 13.7. The smallest absolute Gasteiger partial charge is 0.272 e. The fraction of sp³-hybridized carbons (Fsp3) is 0.133. The molecule has 0 fully saturated rings. The summed E-state index contributed by atoms with van der Waals surface area (Å²) in [5.74, 6) is 0.219. The average Bonchev–Trinajstić information content (AvgIpc) is 2.59. The average molecular weight is 336 g/mol. The zero-order chi connectivity index (χ0) is 16.7. The maximum absolute atomic E-state index is 11.9. The van der Waals surface area contributed by atoms with E-state index in [9.17, 15) is 13.2 Å². The molecule has 0 aliphatic rings. The Hall–Kier alpha value is -2.58. The third kappa shape index (κ3) is 4.70. The molecule has 2 N–H and O–H groups in total. The van der Waals surface area contributed by atoms with E-state index in [0.717, 1.165) is 0 Å². The molecule has 0 radical (unpaired) electrons. The second kappa shape index (κ2) is 7.61. The van der Waals surface area contributed by atoms with E-state index in [4.69, 9.17) is 9.47 Å². The second-order valence-corrected chi connectivity index (χ2v) is 6.09. The van der Waals surface area contributed by atoms with Gasteiger partial charge in [0.1, 0.15) is 0 Å². The van der Waals surface area contributed by atoms with Gasteiger partial charge < -0.3 is 9.47 Å². The van der Waals surface area contributed by atoms with E-state index in [1.165, 1.54) is 19.2 Å². The van der Waals surface area contributed by atoms with Gasteiger partial charge in [0.15, 0.2) is 18.1 Å². The molecular weight excluding hydrogens is 320 g/mol. The van der Waals surface area contributed by atoms with Crippen LogP contribution in [0.1, 0.15) is 0 Å². The van der Waals surface area contributed by atoms with Crippen LogP contribution in [0.2, 0.25) is 0 Å². The lowest BCUT2D eigenvalue weighted by Gasteiger charge is -2.11. The number of hydrazine groups is 1. The molecular formula is C15H16N2O5S. The maximum atomic E-state index is 11.9. The van der Waals surface area contributed by atoms with Gasteiger partial charge in [-0.3, -0.25) is 10.2 Å². The van der Waals surface area contributed by atoms with Crippen molar-refractivity contribution in [3.05, 3.63) is 54.6 Å². The van der Waals surface area contributed by atoms with E-state index in [2.05, 4.69) is 5.43 Å². The minimum Gasteiger partial charge on any atom is -0.493 e. The Labute approximate surface area is 134 Å². The first-order valence-corrected chi connectivity index (χ1v) is 8.13. The highest BCUT2D eigenvalue weighted by atomic mass is 32.2. The van der Waals surface area contributed by atoms with Gasteiger partial charge in [0.05, 0.1) is 12.0 Å². The molecule has 1 amide bonds. The van der Waals surface area contributed by atoms with Crippen LogP contribution in [0.3, 0.4) is 0 Å². The Balaban J connectivity index is 1.88. The first-order valence-electron chi connectivity index (χ1n) is 6.64. The van der Waals surface area contributed by atoms with E-state index >= 15 is 0 Å². The summed E-state index contributed by atoms with van der Waals surface area (Å²) in [6.07, 6.45) is 0. The van der Waals surface area contributed by atoms with Gasteiger partial charge in [-0.25, -0.2) is 8.42 Å². The van der Waals surface area contributed by atoms with Crippen molar-refractivity contribution in [1.82, 2.24) is 10.3 Å². The standard InChI is InChI=1S/C15H16N2O5S/c1-21-13-9-5-6-10-14(13)22-11-15(18)16-17-23(19,20)12-7-3-2-4-8-12/h2-10,17H,11H2,1H3,(H,16,18). The lowest BCUT2D eigenvalue weighted by atomic mass is 10.3. The van der Waals surface area contributed by atoms with Crippen molar-refractivity contribution in [3.63, 3.8) is 0 Å². The van der Waals surface area contributed by atoms with Gasteiger partial charge in [-0.2, -0.15) is 0 Å². The van der Waals surface area contributed by atoms with Crippen LogP contribution in [-0.4, -0.2) is 28.0 Å². The van der Waals surface area contributed by atoms with E-state index < -0.39 is 15.9 Å². The van der Waals surface area contributed by atoms with Gasteiger partial charge in [-0.05, 0) is 24.3 Å². The largest absolute Gasteiger partial charge is 0.493 e. The predicted octanol–water partition coefficient (Wildman–Crippen LogP) is 1.08. The summed E-state index contributed by atoms with van der Waals surface area (Å²) in [7, 11) is -2.33. The summed E-state index contributed by atoms with van der Waals surface area (Å²) in [6, 6.07) is 14.5. The summed E-state index contributed by atoms with van der Waals surface area (Å²) >= 11 is 0. The first kappa shape index (κ1) is 16.8. The molecule has 2 aromatic carbocycles. The van der Waals surface area contributed by atoms with E-state index in [1.54, 1.807) is 42.5 Å². The number of benzene rings is 2. The molecule has 0 saturated carbocycles. The highest BCUT2D eigenvalue weighted by Crippen LogP contribution is 2.25. The molecule has 0 unspecified atom stereocenters. The summed E-state index contributed by atoms with van der Waals surface area (Å²) < 4.78 is 34.2. The lowest BCUT2D eigenvalue weighted by Crippen LogP contribution is -2.43. The molecule has 0 bridgehead atoms. The van der Waals surface area contributed by atoms with Crippen molar-refractivity contribution in [3.8, 4) is 11.5 Å². The lowest BCUT2D eigenvalue weighted by molar-refractivity contribution is -0.123. The summed E-state index contributed by atoms with van der Waals surface area (Å²) in [5.41, 5.74) is 2.09. The van der Waals surface area contributed by atoms with Crippen molar-refractivity contribution in [2.75, 3.05) is 13.7 Å². The third-order valence-corrected chi connectivity index (χ3v) is 4.07. The van der Waals surface area contributed by atoms with Crippen LogP contribution in [0.25, 0.3) is 0 Å². The Kier molecular flexibility index (Phi) is 5.56. The van der Waals surface area contributed by atoms with Crippen LogP contribution in [-0.2, 0) is 14.8 Å². The van der Waals surface area contributed by atoms with E-state index in [0.29, 0.717) is 11.5 Å². The Morgan fingerprint density at radius 2 is 1.61 bits per heavy atom. The van der Waals surface area contributed by atoms with Crippen LogP contribution in [0.15, 0.2) is 59.5 Å². The van der Waals surface area contributed by atoms with Gasteiger partial charge in [0.2, 0.25) is 0 Å². The van der Waals surface area contributed by atoms with Gasteiger partial charge in [0.25, 0.3) is 15.9 Å². The minimum atomic E-state index is -3.81. The number of carbonyl (C=O) groups excluding carboxylic acids is 1. The Morgan fingerprint density at radius 3 is 2.26 bits per heavy atom. The molecule has 23 heavy (non-hydrogen) atoms. The molecule has 0 heterocycles. The van der Waals surface area contributed by atoms with Crippen molar-refractivity contribution in [1.29, 1.82) is 0 Å². The molecule has 0 aliphatic heterocycles. The van der Waals surface area contributed by atoms with Crippen LogP contribution < -0.4 is 19.7 Å². The number of hydrogen-bond acceptors (Lipinski definition) is 5. The number of amides is 1. The van der Waals surface area contributed by atoms with Crippen molar-refractivity contribution >= 4 is 15.9 Å². The summed E-state index contributed by atoms with van der Waals surface area (Å²) in [5, 5.41) is 0. The molecule has 2 aromatic rings. The number of carbonyl (C=O) groups is 1. The number of ether oxygens (including phenoxy) is 2. The van der Waals surface area contributed by atoms with Gasteiger partial charge in [-0.1, -0.05) is 30.3 Å². The second-order valence-electron chi connectivity index (χ2n) is 4.41. The van der Waals surface area contributed by atoms with E-state index in [1.807, 2.05) is 4.83 Å². The van der Waals surface area contributed by atoms with Gasteiger partial charge in [0, 0.05) is 0 Å². The molecule has 122 valence electrons. The Bertz CT molecular complexity index is 762. The highest BCUT2D eigenvalue weighted by Gasteiger charge is 2.14. The van der Waals surface area contributed by atoms with E-state index in [-0.39, 0.29) is 11.5 Å². The number of para-hydroxylation sites is 2. The molecule has 0 aliphatic carbocycles. The SMILES string of the molecule is COc1ccccc1OCC(=O)NNS(=O)(=O)c1ccccc1. The molecule has 7 nitrogen and oxygen atoms in total. The predicted molar refractivity (Wildman–Crippen MR) is 83.4 cm³/mol. The van der Waals surface area contributed by atoms with Crippen LogP contribution in [0.4, 0.5) is 0 Å². The van der Waals surface area contributed by atoms with Crippen molar-refractivity contribution < 1.29 is 22.7 Å². The minimum absolute atomic E-state index is 0.0472. The molecule has 0 saturated heterocycles. The number of nitrogens with one attached hydrogen (secondary N) is 2. The maximum Gasteiger partial charge on any atom is 0.272 e. The number of hydrogen-bond donors (Lipinski definition) is 2. The van der Waals surface area contributed by atoms with Crippen LogP contribution >= 0.6 is 0 Å². The van der Waals surface area contributed by atoms with Gasteiger partial charge >= 0.3 is 0 Å². The Morgan fingerprint density at radius 1 is 1.00 bits per heavy atom. The topological polar surface area (TPSA) is 93.7 Å². The van der Waals surface area contributed by atoms with Crippen molar-refractivity contribution in [2.24, 2.45) is 0 Å². The van der Waals surface area contributed by atoms with Gasteiger partial charge in [-0.15, -0.1) is 4.83 Å². The third-order valence-electron chi connectivity index (χ3n) is 2.81. The zero-order valence-electron chi connectivity index (χ0n) is 12.4. The fourth-order valence-corrected chi connectivity index (χ4v) is 2.58. The molecule has 0 atom stereocenters. The quantitative estimate of drug-likeness (QED) is 0.738. The monoisotopic (exact) mass is 336 g/mol. The fourth-order valence-electron chi connectivity index (χ4n) is 1.70. The number of methoxy groups -OCH3 is 1. The summed E-state index contributed by atoms with van der Waals surface area (Å²) in [6.45, 7) is -0.363. The highest BCUT2D eigenvalue weighted by molar-refractivity contribution is 7.89. The van der Waals surface area contributed by atoms with Crippen LogP contribution in [0, 0.1) is 0 Å². The molecule has 0 spiro atoms. The molecule has 8 heteroatoms. The zero-order valence-corrected chi connectivity index (χ0v) is 13.2. The van der Waals surface area contributed by atoms with Crippen molar-refractivity contribution in [2.45, 2.75) is 4.90 Å².